The van der Waals surface area contributed by atoms with Crippen LogP contribution in [0.5, 0.6) is 0 Å². The molecule has 1 aliphatic heterocycles. The highest BCUT2D eigenvalue weighted by atomic mass is 79.9. The molecule has 6 nitrogen and oxygen atoms in total. The van der Waals surface area contributed by atoms with Gasteiger partial charge >= 0.3 is 0 Å². The Morgan fingerprint density at radius 1 is 1.08 bits per heavy atom. The molecule has 5 aliphatic rings. The lowest BCUT2D eigenvalue weighted by molar-refractivity contribution is -0.384. The molecule has 6 rings (SSSR count). The van der Waals surface area contributed by atoms with Crippen molar-refractivity contribution >= 4 is 39.1 Å². The minimum atomic E-state index is -0.500. The SMILES string of the molecule is O=C1[C@@H]2[C@@H]3C=C[C@H]([C@@H]4C[C@H]34)[C@@H]2C(=O)N1c1ccc([N+](=O)[O-])cc1Br. The van der Waals surface area contributed by atoms with Gasteiger partial charge in [-0.05, 0) is 52.1 Å². The number of hydrogen-bond donors (Lipinski definition) is 0. The van der Waals surface area contributed by atoms with E-state index in [0.29, 0.717) is 22.0 Å². The van der Waals surface area contributed by atoms with Crippen molar-refractivity contribution < 1.29 is 14.5 Å². The molecular weight excluding hydrogens is 376 g/mol. The summed E-state index contributed by atoms with van der Waals surface area (Å²) >= 11 is 3.28. The molecule has 1 saturated heterocycles. The molecule has 0 spiro atoms. The van der Waals surface area contributed by atoms with Crippen LogP contribution in [0.2, 0.25) is 0 Å². The largest absolute Gasteiger partial charge is 0.274 e. The van der Waals surface area contributed by atoms with Crippen molar-refractivity contribution in [2.24, 2.45) is 35.5 Å². The molecular formula is C17H13BrN2O4. The minimum Gasteiger partial charge on any atom is -0.274 e. The van der Waals surface area contributed by atoms with E-state index in [1.165, 1.54) is 23.1 Å². The molecule has 2 amide bonds. The van der Waals surface area contributed by atoms with Crippen molar-refractivity contribution in [1.82, 2.24) is 0 Å². The van der Waals surface area contributed by atoms with Crippen LogP contribution in [0.4, 0.5) is 11.4 Å². The van der Waals surface area contributed by atoms with E-state index in [0.717, 1.165) is 6.42 Å². The Balaban J connectivity index is 1.56. The summed E-state index contributed by atoms with van der Waals surface area (Å²) in [6, 6.07) is 4.14. The molecule has 3 fully saturated rings. The topological polar surface area (TPSA) is 80.5 Å². The second-order valence-electron chi connectivity index (χ2n) is 7.06. The van der Waals surface area contributed by atoms with E-state index in [4.69, 9.17) is 0 Å². The number of allylic oxidation sites excluding steroid dienone is 2. The van der Waals surface area contributed by atoms with Crippen molar-refractivity contribution in [3.05, 3.63) is 44.9 Å². The van der Waals surface area contributed by atoms with E-state index in [1.54, 1.807) is 0 Å². The zero-order valence-electron chi connectivity index (χ0n) is 12.5. The lowest BCUT2D eigenvalue weighted by atomic mass is 9.63. The van der Waals surface area contributed by atoms with Gasteiger partial charge in [0.25, 0.3) is 5.69 Å². The van der Waals surface area contributed by atoms with E-state index in [2.05, 4.69) is 28.1 Å². The first-order chi connectivity index (χ1) is 11.5. The van der Waals surface area contributed by atoms with Crippen LogP contribution in [0, 0.1) is 45.6 Å². The van der Waals surface area contributed by atoms with Crippen LogP contribution < -0.4 is 4.90 Å². The maximum absolute atomic E-state index is 13.0. The Morgan fingerprint density at radius 3 is 2.17 bits per heavy atom. The first-order valence-corrected chi connectivity index (χ1v) is 8.78. The van der Waals surface area contributed by atoms with Crippen molar-refractivity contribution in [1.29, 1.82) is 0 Å². The van der Waals surface area contributed by atoms with Crippen LogP contribution in [0.15, 0.2) is 34.8 Å². The molecule has 24 heavy (non-hydrogen) atoms. The highest BCUT2D eigenvalue weighted by Crippen LogP contribution is 2.65. The first-order valence-electron chi connectivity index (χ1n) is 7.99. The summed E-state index contributed by atoms with van der Waals surface area (Å²) in [5.74, 6) is 0.591. The van der Waals surface area contributed by atoms with Gasteiger partial charge in [-0.1, -0.05) is 12.2 Å². The molecule has 2 bridgehead atoms. The number of halogens is 1. The number of carbonyl (C=O) groups is 2. The van der Waals surface area contributed by atoms with Crippen LogP contribution >= 0.6 is 15.9 Å². The second-order valence-corrected chi connectivity index (χ2v) is 7.91. The summed E-state index contributed by atoms with van der Waals surface area (Å²) in [4.78, 5) is 37.6. The fourth-order valence-corrected chi connectivity index (χ4v) is 5.53. The zero-order chi connectivity index (χ0) is 16.7. The third-order valence-electron chi connectivity index (χ3n) is 6.05. The van der Waals surface area contributed by atoms with E-state index < -0.39 is 4.92 Å². The molecule has 1 heterocycles. The van der Waals surface area contributed by atoms with Gasteiger partial charge in [0.05, 0.1) is 22.4 Å². The number of nitro groups is 1. The monoisotopic (exact) mass is 388 g/mol. The highest BCUT2D eigenvalue weighted by molar-refractivity contribution is 9.10. The average molecular weight is 389 g/mol. The molecule has 1 aromatic carbocycles. The Bertz CT molecular complexity index is 815. The quantitative estimate of drug-likeness (QED) is 0.337. The smallest absolute Gasteiger partial charge is 0.270 e. The molecule has 2 saturated carbocycles. The van der Waals surface area contributed by atoms with Crippen molar-refractivity contribution in [2.45, 2.75) is 6.42 Å². The number of amides is 2. The fraction of sp³-hybridized carbons (Fsp3) is 0.412. The molecule has 0 aromatic heterocycles. The van der Waals surface area contributed by atoms with Gasteiger partial charge in [-0.15, -0.1) is 0 Å². The van der Waals surface area contributed by atoms with Crippen molar-refractivity contribution in [3.63, 3.8) is 0 Å². The second kappa shape index (κ2) is 4.53. The number of anilines is 1. The number of nitro benzene ring substituents is 1. The van der Waals surface area contributed by atoms with E-state index in [-0.39, 0.29) is 41.2 Å². The molecule has 0 radical (unpaired) electrons. The van der Waals surface area contributed by atoms with Crippen LogP contribution in [-0.4, -0.2) is 16.7 Å². The molecule has 7 heteroatoms. The van der Waals surface area contributed by atoms with E-state index >= 15 is 0 Å². The fourth-order valence-electron chi connectivity index (χ4n) is 4.99. The van der Waals surface area contributed by atoms with Gasteiger partial charge in [0, 0.05) is 16.6 Å². The Labute approximate surface area is 145 Å². The average Bonchev–Trinajstić information content (AvgIpc) is 3.33. The van der Waals surface area contributed by atoms with Crippen LogP contribution in [0.3, 0.4) is 0 Å². The van der Waals surface area contributed by atoms with Crippen molar-refractivity contribution in [3.8, 4) is 0 Å². The summed E-state index contributed by atoms with van der Waals surface area (Å²) < 4.78 is 0.391. The Hall–Kier alpha value is -2.02. The molecule has 4 aliphatic carbocycles. The minimum absolute atomic E-state index is 0.0786. The summed E-state index contributed by atoms with van der Waals surface area (Å²) in [6.45, 7) is 0. The maximum atomic E-state index is 13.0. The molecule has 0 N–H and O–H groups in total. The third kappa shape index (κ3) is 1.65. The van der Waals surface area contributed by atoms with Gasteiger partial charge in [0.2, 0.25) is 11.8 Å². The summed E-state index contributed by atoms with van der Waals surface area (Å²) in [5.41, 5.74) is 0.322. The predicted octanol–water partition coefficient (Wildman–Crippen LogP) is 2.91. The standard InChI is InChI=1S/C17H13BrN2O4/c18-12-5-7(20(23)24)1-4-13(12)19-16(21)14-8-2-3-9(11-6-10(8)11)15(14)17(19)22/h1-5,8-11,14-15H,6H2/t8-,9-,10-,11+,14-,15+/m1/s1. The number of benzene rings is 1. The van der Waals surface area contributed by atoms with E-state index in [9.17, 15) is 19.7 Å². The van der Waals surface area contributed by atoms with Gasteiger partial charge in [-0.25, -0.2) is 4.90 Å². The van der Waals surface area contributed by atoms with Gasteiger partial charge < -0.3 is 0 Å². The predicted molar refractivity (Wildman–Crippen MR) is 88.0 cm³/mol. The molecule has 122 valence electrons. The number of non-ortho nitro benzene ring substituents is 1. The Kier molecular flexibility index (Phi) is 2.71. The number of imide groups is 1. The molecule has 1 aromatic rings. The summed E-state index contributed by atoms with van der Waals surface area (Å²) in [5, 5.41) is 10.9. The lowest BCUT2D eigenvalue weighted by Crippen LogP contribution is -2.40. The zero-order valence-corrected chi connectivity index (χ0v) is 14.0. The first kappa shape index (κ1) is 14.3. The number of hydrogen-bond acceptors (Lipinski definition) is 4. The van der Waals surface area contributed by atoms with Gasteiger partial charge in [-0.3, -0.25) is 19.7 Å². The van der Waals surface area contributed by atoms with Gasteiger partial charge in [-0.2, -0.15) is 0 Å². The van der Waals surface area contributed by atoms with Gasteiger partial charge in [0.1, 0.15) is 0 Å². The number of rotatable bonds is 2. The van der Waals surface area contributed by atoms with Crippen LogP contribution in [0.25, 0.3) is 0 Å². The van der Waals surface area contributed by atoms with Gasteiger partial charge in [0.15, 0.2) is 0 Å². The summed E-state index contributed by atoms with van der Waals surface area (Å²) in [7, 11) is 0. The lowest BCUT2D eigenvalue weighted by Gasteiger charge is -2.37. The van der Waals surface area contributed by atoms with Crippen LogP contribution in [0.1, 0.15) is 6.42 Å². The molecule has 0 unspecified atom stereocenters. The molecule has 6 atom stereocenters. The normalized spacial score (nSPS) is 38.3. The number of nitrogens with zero attached hydrogens (tertiary/aromatic N) is 2. The summed E-state index contributed by atoms with van der Waals surface area (Å²) in [6.07, 6.45) is 5.37. The van der Waals surface area contributed by atoms with Crippen molar-refractivity contribution in [2.75, 3.05) is 4.90 Å². The number of carbonyl (C=O) groups excluding carboxylic acids is 2. The third-order valence-corrected chi connectivity index (χ3v) is 6.68. The van der Waals surface area contributed by atoms with Crippen LogP contribution in [-0.2, 0) is 9.59 Å². The van der Waals surface area contributed by atoms with E-state index in [1.807, 2.05) is 0 Å². The highest BCUT2D eigenvalue weighted by Gasteiger charge is 2.67. The maximum Gasteiger partial charge on any atom is 0.270 e. The Morgan fingerprint density at radius 2 is 1.67 bits per heavy atom.